The molecule has 0 rings (SSSR count). The molecule has 0 aliphatic carbocycles. The maximum atomic E-state index is 13.2. The molecule has 65 heavy (non-hydrogen) atoms. The Bertz CT molecular complexity index is 1330. The number of unbranched alkanes of at least 4 members (excludes halogenated alkanes) is 23. The minimum atomic E-state index is -0.810. The van der Waals surface area contributed by atoms with Crippen LogP contribution in [0, 0.1) is 0 Å². The van der Waals surface area contributed by atoms with Gasteiger partial charge in [0.1, 0.15) is 6.10 Å². The third kappa shape index (κ3) is 46.8. The molecule has 0 fully saturated rings. The molecule has 1 amide bonds. The van der Waals surface area contributed by atoms with Crippen molar-refractivity contribution in [2.75, 3.05) is 6.61 Å². The van der Waals surface area contributed by atoms with E-state index in [2.05, 4.69) is 105 Å². The number of esters is 1. The maximum Gasteiger partial charge on any atom is 0.306 e. The first kappa shape index (κ1) is 61.5. The summed E-state index contributed by atoms with van der Waals surface area (Å²) in [7, 11) is 0. The molecule has 0 radical (unpaired) electrons. The molecule has 0 heterocycles. The molecule has 6 heteroatoms. The van der Waals surface area contributed by atoms with E-state index in [1.807, 2.05) is 30.4 Å². The Morgan fingerprint density at radius 2 is 0.815 bits per heavy atom. The Morgan fingerprint density at radius 1 is 0.446 bits per heavy atom. The van der Waals surface area contributed by atoms with E-state index in [1.165, 1.54) is 83.5 Å². The summed E-state index contributed by atoms with van der Waals surface area (Å²) in [6.07, 6.45) is 69.9. The first-order valence-electron chi connectivity index (χ1n) is 26.7. The normalized spacial score (nSPS) is 14.1. The first-order chi connectivity index (χ1) is 32.0. The Morgan fingerprint density at radius 3 is 1.29 bits per heavy atom. The molecule has 0 aromatic carbocycles. The third-order valence-corrected chi connectivity index (χ3v) is 11.5. The van der Waals surface area contributed by atoms with Crippen LogP contribution < -0.4 is 5.32 Å². The Balaban J connectivity index is 4.76. The second-order valence-corrected chi connectivity index (χ2v) is 17.8. The molecule has 0 aliphatic rings. The van der Waals surface area contributed by atoms with Gasteiger partial charge in [-0.05, 0) is 70.6 Å². The van der Waals surface area contributed by atoms with Crippen LogP contribution in [0.4, 0.5) is 0 Å². The fourth-order valence-electron chi connectivity index (χ4n) is 7.47. The van der Waals surface area contributed by atoms with Gasteiger partial charge in [0.25, 0.3) is 0 Å². The number of aliphatic hydroxyl groups is 2. The minimum Gasteiger partial charge on any atom is -0.462 e. The van der Waals surface area contributed by atoms with Crippen LogP contribution in [0.25, 0.3) is 0 Å². The van der Waals surface area contributed by atoms with Crippen molar-refractivity contribution in [3.05, 3.63) is 109 Å². The number of carbonyl (C=O) groups is 2. The van der Waals surface area contributed by atoms with Crippen molar-refractivity contribution in [3.63, 3.8) is 0 Å². The zero-order valence-corrected chi connectivity index (χ0v) is 42.1. The summed E-state index contributed by atoms with van der Waals surface area (Å²) < 4.78 is 5.92. The van der Waals surface area contributed by atoms with Gasteiger partial charge in [-0.3, -0.25) is 9.59 Å². The summed E-state index contributed by atoms with van der Waals surface area (Å²) >= 11 is 0. The van der Waals surface area contributed by atoms with E-state index < -0.39 is 18.2 Å². The fraction of sp³-hybridized carbons (Fsp3) is 0.661. The zero-order valence-electron chi connectivity index (χ0n) is 42.1. The molecule has 0 aromatic heterocycles. The van der Waals surface area contributed by atoms with E-state index in [9.17, 15) is 19.8 Å². The van der Waals surface area contributed by atoms with E-state index in [0.29, 0.717) is 19.3 Å². The van der Waals surface area contributed by atoms with Crippen molar-refractivity contribution in [3.8, 4) is 0 Å². The lowest BCUT2D eigenvalue weighted by Gasteiger charge is -2.24. The number of carbonyl (C=O) groups excluding carboxylic acids is 2. The summed E-state index contributed by atoms with van der Waals surface area (Å²) in [5, 5.41) is 23.8. The van der Waals surface area contributed by atoms with Gasteiger partial charge in [0.2, 0.25) is 5.91 Å². The molecule has 0 aliphatic heterocycles. The molecule has 3 atom stereocenters. The van der Waals surface area contributed by atoms with Gasteiger partial charge in [0.05, 0.1) is 25.2 Å². The maximum absolute atomic E-state index is 13.2. The Labute approximate surface area is 400 Å². The van der Waals surface area contributed by atoms with E-state index in [4.69, 9.17) is 4.74 Å². The van der Waals surface area contributed by atoms with Crippen LogP contribution >= 0.6 is 0 Å². The number of hydrogen-bond acceptors (Lipinski definition) is 5. The Hall–Kier alpha value is -3.48. The van der Waals surface area contributed by atoms with Crippen molar-refractivity contribution < 1.29 is 24.5 Å². The average Bonchev–Trinajstić information content (AvgIpc) is 3.30. The largest absolute Gasteiger partial charge is 0.462 e. The highest BCUT2D eigenvalue weighted by molar-refractivity contribution is 5.77. The van der Waals surface area contributed by atoms with Crippen molar-refractivity contribution in [2.45, 2.75) is 244 Å². The predicted molar refractivity (Wildman–Crippen MR) is 282 cm³/mol. The predicted octanol–water partition coefficient (Wildman–Crippen LogP) is 16.3. The molecule has 3 N–H and O–H groups in total. The fourth-order valence-corrected chi connectivity index (χ4v) is 7.47. The average molecular weight is 902 g/mol. The van der Waals surface area contributed by atoms with Gasteiger partial charge in [0.15, 0.2) is 0 Å². The van der Waals surface area contributed by atoms with Crippen LogP contribution in [0.2, 0.25) is 0 Å². The molecule has 0 saturated carbocycles. The smallest absolute Gasteiger partial charge is 0.306 e. The topological polar surface area (TPSA) is 95.9 Å². The number of nitrogens with one attached hydrogen (secondary N) is 1. The van der Waals surface area contributed by atoms with Crippen LogP contribution in [-0.2, 0) is 14.3 Å². The van der Waals surface area contributed by atoms with Crippen molar-refractivity contribution in [2.24, 2.45) is 0 Å². The quantitative estimate of drug-likeness (QED) is 0.0321. The molecular weight excluding hydrogens is 803 g/mol. The number of aliphatic hydroxyl groups excluding tert-OH is 2. The first-order valence-corrected chi connectivity index (χ1v) is 26.7. The second-order valence-electron chi connectivity index (χ2n) is 17.8. The van der Waals surface area contributed by atoms with Crippen LogP contribution in [0.1, 0.15) is 226 Å². The minimum absolute atomic E-state index is 0.0342. The molecule has 0 spiro atoms. The Kier molecular flexibility index (Phi) is 48.7. The highest BCUT2D eigenvalue weighted by Gasteiger charge is 2.24. The van der Waals surface area contributed by atoms with Crippen molar-refractivity contribution in [1.29, 1.82) is 0 Å². The summed E-state index contributed by atoms with van der Waals surface area (Å²) in [5.41, 5.74) is 0. The number of allylic oxidation sites excluding steroid dienone is 18. The van der Waals surface area contributed by atoms with Crippen LogP contribution in [0.5, 0.6) is 0 Å². The molecule has 0 bridgehead atoms. The number of hydrogen-bond donors (Lipinski definition) is 3. The van der Waals surface area contributed by atoms with E-state index >= 15 is 0 Å². The number of amides is 1. The van der Waals surface area contributed by atoms with Crippen molar-refractivity contribution >= 4 is 11.9 Å². The molecule has 6 nitrogen and oxygen atoms in total. The van der Waals surface area contributed by atoms with Gasteiger partial charge in [-0.2, -0.15) is 0 Å². The van der Waals surface area contributed by atoms with Gasteiger partial charge in [-0.25, -0.2) is 0 Å². The molecule has 0 saturated heterocycles. The number of rotatable bonds is 46. The summed E-state index contributed by atoms with van der Waals surface area (Å²) in [5.74, 6) is -0.549. The lowest BCUT2D eigenvalue weighted by Crippen LogP contribution is -2.46. The third-order valence-electron chi connectivity index (χ3n) is 11.5. The van der Waals surface area contributed by atoms with Gasteiger partial charge >= 0.3 is 5.97 Å². The molecular formula is C59H99NO5. The lowest BCUT2D eigenvalue weighted by molar-refractivity contribution is -0.151. The van der Waals surface area contributed by atoms with E-state index in [-0.39, 0.29) is 24.9 Å². The molecule has 370 valence electrons. The second kappa shape index (κ2) is 51.5. The highest BCUT2D eigenvalue weighted by Crippen LogP contribution is 2.17. The van der Waals surface area contributed by atoms with E-state index in [1.54, 1.807) is 0 Å². The standard InChI is InChI=1S/C59H99NO5/c1-4-7-10-13-16-19-22-25-27-29-30-32-34-37-40-43-46-49-52-59(64)65-55(50-47-44-41-38-35-33-31-28-26-23-20-17-14-11-8-5-2)53-58(63)60-56(54-61)57(62)51-48-45-42-39-36-24-21-18-15-12-9-6-3/h10,13,16-17,19-20,22-23,25-33,35,55-57,61-62H,4-9,11-12,14-15,18,21,24,34,36-54H2,1-3H3,(H,60,63)/b13-10+,19-16+,20-17+,25-22+,26-23+,29-27+,31-28+,32-30+,35-33+. The lowest BCUT2D eigenvalue weighted by atomic mass is 10.0. The molecule has 0 aromatic rings. The summed E-state index contributed by atoms with van der Waals surface area (Å²) in [6, 6.07) is -0.727. The van der Waals surface area contributed by atoms with Crippen LogP contribution in [0.3, 0.4) is 0 Å². The van der Waals surface area contributed by atoms with Gasteiger partial charge in [-0.15, -0.1) is 0 Å². The number of ether oxygens (including phenoxy) is 1. The molecule has 3 unspecified atom stereocenters. The zero-order chi connectivity index (χ0) is 47.4. The van der Waals surface area contributed by atoms with Crippen LogP contribution in [-0.4, -0.2) is 46.9 Å². The van der Waals surface area contributed by atoms with E-state index in [0.717, 1.165) is 96.3 Å². The van der Waals surface area contributed by atoms with Gasteiger partial charge in [-0.1, -0.05) is 252 Å². The SMILES string of the molecule is CCC/C=C/C=C/C=C/C=C/C=C/CCCCCCCC(=O)OC(CCCCC/C=C/C=C/C=C/C=C/CCCCC)CC(=O)NC(CO)C(O)CCCCCCCCCCCCCC. The summed E-state index contributed by atoms with van der Waals surface area (Å²) in [4.78, 5) is 26.2. The van der Waals surface area contributed by atoms with Gasteiger partial charge < -0.3 is 20.3 Å². The van der Waals surface area contributed by atoms with Crippen molar-refractivity contribution in [1.82, 2.24) is 5.32 Å². The summed E-state index contributed by atoms with van der Waals surface area (Å²) in [6.45, 7) is 6.33. The van der Waals surface area contributed by atoms with Gasteiger partial charge in [0, 0.05) is 6.42 Å². The monoisotopic (exact) mass is 902 g/mol. The van der Waals surface area contributed by atoms with Crippen LogP contribution in [0.15, 0.2) is 109 Å². The highest BCUT2D eigenvalue weighted by atomic mass is 16.5.